The third kappa shape index (κ3) is 3.39. The number of nitrogens with zero attached hydrogens (tertiary/aromatic N) is 4. The Morgan fingerprint density at radius 3 is 2.54 bits per heavy atom. The van der Waals surface area contributed by atoms with Gasteiger partial charge in [0.1, 0.15) is 5.75 Å². The van der Waals surface area contributed by atoms with Crippen LogP contribution in [0.1, 0.15) is 5.82 Å². The quantitative estimate of drug-likeness (QED) is 0.558. The third-order valence-electron chi connectivity index (χ3n) is 4.20. The number of rotatable bonds is 5. The van der Waals surface area contributed by atoms with Crippen LogP contribution in [0.2, 0.25) is 0 Å². The van der Waals surface area contributed by atoms with Crippen molar-refractivity contribution in [1.82, 2.24) is 19.8 Å². The maximum absolute atomic E-state index is 12.6. The minimum absolute atomic E-state index is 0.151. The average Bonchev–Trinajstić information content (AvgIpc) is 3.08. The van der Waals surface area contributed by atoms with E-state index in [1.165, 1.54) is 19.2 Å². The minimum Gasteiger partial charge on any atom is -0.497 e. The van der Waals surface area contributed by atoms with Gasteiger partial charge in [0.15, 0.2) is 11.5 Å². The molecule has 0 unspecified atom stereocenters. The Hall–Kier alpha value is -3.46. The van der Waals surface area contributed by atoms with Crippen LogP contribution in [0.5, 0.6) is 5.75 Å². The number of ether oxygens (including phenoxy) is 1. The largest absolute Gasteiger partial charge is 0.497 e. The zero-order valence-electron chi connectivity index (χ0n) is 15.2. The summed E-state index contributed by atoms with van der Waals surface area (Å²) in [6.45, 7) is 1.82. The van der Waals surface area contributed by atoms with Gasteiger partial charge in [-0.1, -0.05) is 12.1 Å². The number of fused-ring (bicyclic) bond motifs is 1. The first-order valence-electron chi connectivity index (χ1n) is 8.43. The van der Waals surface area contributed by atoms with E-state index in [1.54, 1.807) is 34.8 Å². The fourth-order valence-corrected chi connectivity index (χ4v) is 3.81. The van der Waals surface area contributed by atoms with Gasteiger partial charge in [0, 0.05) is 11.3 Å². The van der Waals surface area contributed by atoms with E-state index in [0.717, 1.165) is 5.56 Å². The fourth-order valence-electron chi connectivity index (χ4n) is 2.76. The van der Waals surface area contributed by atoms with Crippen molar-refractivity contribution >= 4 is 21.4 Å². The van der Waals surface area contributed by atoms with E-state index in [0.29, 0.717) is 28.6 Å². The lowest BCUT2D eigenvalue weighted by atomic mass is 10.1. The maximum Gasteiger partial charge on any atom is 0.261 e. The van der Waals surface area contributed by atoms with Crippen LogP contribution in [0.15, 0.2) is 65.6 Å². The molecule has 0 atom stereocenters. The first-order chi connectivity index (χ1) is 13.5. The highest BCUT2D eigenvalue weighted by molar-refractivity contribution is 7.92. The molecular weight excluding hydrogens is 378 g/mol. The van der Waals surface area contributed by atoms with Gasteiger partial charge in [0.2, 0.25) is 0 Å². The van der Waals surface area contributed by atoms with Gasteiger partial charge in [0.25, 0.3) is 10.0 Å². The molecule has 0 aliphatic carbocycles. The van der Waals surface area contributed by atoms with Crippen LogP contribution in [0, 0.1) is 6.92 Å². The summed E-state index contributed by atoms with van der Waals surface area (Å²) >= 11 is 0. The van der Waals surface area contributed by atoms with Crippen LogP contribution in [0.4, 0.5) is 5.69 Å². The van der Waals surface area contributed by atoms with E-state index in [1.807, 2.05) is 25.1 Å². The van der Waals surface area contributed by atoms with Gasteiger partial charge in [-0.15, -0.1) is 10.2 Å². The lowest BCUT2D eigenvalue weighted by molar-refractivity contribution is 0.414. The summed E-state index contributed by atoms with van der Waals surface area (Å²) in [5.41, 5.74) is 2.54. The summed E-state index contributed by atoms with van der Waals surface area (Å²) in [6.07, 6.45) is 0. The van der Waals surface area contributed by atoms with Gasteiger partial charge in [-0.3, -0.25) is 4.72 Å². The van der Waals surface area contributed by atoms with Crippen molar-refractivity contribution in [3.8, 4) is 17.0 Å². The number of hydrogen-bond donors (Lipinski definition) is 1. The third-order valence-corrected chi connectivity index (χ3v) is 5.60. The molecule has 0 aliphatic rings. The summed E-state index contributed by atoms with van der Waals surface area (Å²) in [5.74, 6) is 1.26. The molecular formula is C19H17N5O3S. The summed E-state index contributed by atoms with van der Waals surface area (Å²) in [5, 5.41) is 12.5. The van der Waals surface area contributed by atoms with Gasteiger partial charge in [0.05, 0.1) is 17.7 Å². The molecule has 8 nitrogen and oxygen atoms in total. The molecule has 0 radical (unpaired) electrons. The van der Waals surface area contributed by atoms with Crippen molar-refractivity contribution in [1.29, 1.82) is 0 Å². The zero-order chi connectivity index (χ0) is 19.7. The molecule has 2 aromatic carbocycles. The monoisotopic (exact) mass is 395 g/mol. The van der Waals surface area contributed by atoms with Gasteiger partial charge in [-0.2, -0.15) is 9.61 Å². The molecule has 1 N–H and O–H groups in total. The van der Waals surface area contributed by atoms with Crippen LogP contribution >= 0.6 is 0 Å². The van der Waals surface area contributed by atoms with Crippen molar-refractivity contribution in [3.63, 3.8) is 0 Å². The normalized spacial score (nSPS) is 11.5. The maximum atomic E-state index is 12.6. The summed E-state index contributed by atoms with van der Waals surface area (Å²) in [6, 6.07) is 16.9. The Bertz CT molecular complexity index is 1250. The van der Waals surface area contributed by atoms with E-state index in [4.69, 9.17) is 4.74 Å². The fraction of sp³-hybridized carbons (Fsp3) is 0.105. The van der Waals surface area contributed by atoms with Crippen LogP contribution in [0.3, 0.4) is 0 Å². The zero-order valence-corrected chi connectivity index (χ0v) is 16.0. The van der Waals surface area contributed by atoms with Crippen LogP contribution in [0.25, 0.3) is 16.9 Å². The van der Waals surface area contributed by atoms with Gasteiger partial charge >= 0.3 is 0 Å². The highest BCUT2D eigenvalue weighted by Gasteiger charge is 2.15. The van der Waals surface area contributed by atoms with E-state index < -0.39 is 10.0 Å². The summed E-state index contributed by atoms with van der Waals surface area (Å²) in [7, 11) is -2.19. The standard InChI is InChI=1S/C19H17N5O3S/c1-13-20-21-19-11-10-18(22-24(13)19)14-4-3-5-15(12-14)23-28(25,26)17-8-6-16(27-2)7-9-17/h3-12,23H,1-2H3. The Morgan fingerprint density at radius 2 is 1.79 bits per heavy atom. The molecule has 4 aromatic rings. The van der Waals surface area contributed by atoms with Crippen molar-refractivity contribution in [3.05, 3.63) is 66.5 Å². The molecule has 142 valence electrons. The Balaban J connectivity index is 1.64. The number of benzene rings is 2. The summed E-state index contributed by atoms with van der Waals surface area (Å²) < 4.78 is 34.6. The van der Waals surface area contributed by atoms with Crippen molar-refractivity contribution in [2.24, 2.45) is 0 Å². The molecule has 2 aromatic heterocycles. The van der Waals surface area contributed by atoms with Crippen molar-refractivity contribution < 1.29 is 13.2 Å². The number of nitrogens with one attached hydrogen (secondary N) is 1. The average molecular weight is 395 g/mol. The van der Waals surface area contributed by atoms with Gasteiger partial charge in [-0.05, 0) is 55.5 Å². The first kappa shape index (κ1) is 17.9. The highest BCUT2D eigenvalue weighted by Crippen LogP contribution is 2.24. The second-order valence-corrected chi connectivity index (χ2v) is 7.78. The van der Waals surface area contributed by atoms with E-state index >= 15 is 0 Å². The molecule has 0 amide bonds. The van der Waals surface area contributed by atoms with Crippen LogP contribution in [-0.4, -0.2) is 35.3 Å². The number of sulfonamides is 1. The lowest BCUT2D eigenvalue weighted by Crippen LogP contribution is -2.12. The molecule has 2 heterocycles. The molecule has 4 rings (SSSR count). The Labute approximate surface area is 161 Å². The highest BCUT2D eigenvalue weighted by atomic mass is 32.2. The number of hydrogen-bond acceptors (Lipinski definition) is 6. The number of methoxy groups -OCH3 is 1. The second kappa shape index (κ2) is 6.93. The van der Waals surface area contributed by atoms with Crippen molar-refractivity contribution in [2.75, 3.05) is 11.8 Å². The smallest absolute Gasteiger partial charge is 0.261 e. The van der Waals surface area contributed by atoms with Crippen LogP contribution < -0.4 is 9.46 Å². The van der Waals surface area contributed by atoms with Crippen LogP contribution in [-0.2, 0) is 10.0 Å². The van der Waals surface area contributed by atoms with Crippen molar-refractivity contribution in [2.45, 2.75) is 11.8 Å². The molecule has 28 heavy (non-hydrogen) atoms. The Morgan fingerprint density at radius 1 is 1.00 bits per heavy atom. The van der Waals surface area contributed by atoms with E-state index in [2.05, 4.69) is 20.0 Å². The SMILES string of the molecule is COc1ccc(S(=O)(=O)Nc2cccc(-c3ccc4nnc(C)n4n3)c2)cc1. The number of aryl methyl sites for hydroxylation is 1. The minimum atomic E-state index is -3.72. The lowest BCUT2D eigenvalue weighted by Gasteiger charge is -2.10. The predicted molar refractivity (Wildman–Crippen MR) is 105 cm³/mol. The number of anilines is 1. The van der Waals surface area contributed by atoms with Gasteiger partial charge in [-0.25, -0.2) is 8.42 Å². The first-order valence-corrected chi connectivity index (χ1v) is 9.91. The van der Waals surface area contributed by atoms with E-state index in [9.17, 15) is 8.42 Å². The van der Waals surface area contributed by atoms with Gasteiger partial charge < -0.3 is 4.74 Å². The molecule has 9 heteroatoms. The molecule has 0 saturated carbocycles. The second-order valence-electron chi connectivity index (χ2n) is 6.10. The predicted octanol–water partition coefficient (Wildman–Crippen LogP) is 2.91. The summed E-state index contributed by atoms with van der Waals surface area (Å²) in [4.78, 5) is 0.151. The number of aromatic nitrogens is 4. The molecule has 0 bridgehead atoms. The molecule has 0 fully saturated rings. The molecule has 0 spiro atoms. The topological polar surface area (TPSA) is 98.5 Å². The molecule has 0 aliphatic heterocycles. The molecule has 0 saturated heterocycles. The Kier molecular flexibility index (Phi) is 4.44. The van der Waals surface area contributed by atoms with E-state index in [-0.39, 0.29) is 4.90 Å².